The molecule has 0 aliphatic carbocycles. The second-order valence-electron chi connectivity index (χ2n) is 5.96. The molecule has 136 valence electrons. The number of pyridine rings is 1. The predicted molar refractivity (Wildman–Crippen MR) is 93.5 cm³/mol. The monoisotopic (exact) mass is 361 g/mol. The number of carbonyl (C=O) groups is 1. The average molecular weight is 361 g/mol. The van der Waals surface area contributed by atoms with Gasteiger partial charge in [-0.25, -0.2) is 4.98 Å². The number of rotatable bonds is 3. The summed E-state index contributed by atoms with van der Waals surface area (Å²) in [5.41, 5.74) is 0.189. The van der Waals surface area contributed by atoms with Crippen molar-refractivity contribution in [1.29, 1.82) is 0 Å². The van der Waals surface area contributed by atoms with Gasteiger partial charge in [-0.2, -0.15) is 13.2 Å². The molecule has 7 heteroatoms. The number of aromatic nitrogens is 1. The summed E-state index contributed by atoms with van der Waals surface area (Å²) in [6.45, 7) is 2.06. The van der Waals surface area contributed by atoms with Crippen LogP contribution >= 0.6 is 0 Å². The molecular formula is C19H18F3N3O. The Bertz CT molecular complexity index is 765. The lowest BCUT2D eigenvalue weighted by Crippen LogP contribution is -2.48. The molecule has 1 aliphatic heterocycles. The number of amides is 1. The van der Waals surface area contributed by atoms with Crippen LogP contribution in [0.3, 0.4) is 0 Å². The van der Waals surface area contributed by atoms with Gasteiger partial charge in [0.2, 0.25) is 5.91 Å². The second-order valence-corrected chi connectivity index (χ2v) is 5.96. The number of benzene rings is 1. The Kier molecular flexibility index (Phi) is 5.25. The predicted octanol–water partition coefficient (Wildman–Crippen LogP) is 3.46. The lowest BCUT2D eigenvalue weighted by Gasteiger charge is -2.35. The lowest BCUT2D eigenvalue weighted by molar-refractivity contribution is -0.137. The number of anilines is 1. The molecule has 4 nitrogen and oxygen atoms in total. The van der Waals surface area contributed by atoms with E-state index in [1.54, 1.807) is 17.1 Å². The summed E-state index contributed by atoms with van der Waals surface area (Å²) in [6, 6.07) is 11.9. The van der Waals surface area contributed by atoms with E-state index in [4.69, 9.17) is 0 Å². The molecule has 3 rings (SSSR count). The summed E-state index contributed by atoms with van der Waals surface area (Å²) >= 11 is 0. The van der Waals surface area contributed by atoms with Crippen LogP contribution in [0.1, 0.15) is 11.1 Å². The highest BCUT2D eigenvalue weighted by molar-refractivity contribution is 5.91. The highest BCUT2D eigenvalue weighted by atomic mass is 19.4. The van der Waals surface area contributed by atoms with E-state index in [1.807, 2.05) is 35.2 Å². The van der Waals surface area contributed by atoms with Gasteiger partial charge in [-0.3, -0.25) is 4.79 Å². The molecule has 1 aliphatic rings. The molecule has 1 amide bonds. The van der Waals surface area contributed by atoms with E-state index in [-0.39, 0.29) is 5.91 Å². The van der Waals surface area contributed by atoms with Crippen LogP contribution in [0.15, 0.2) is 54.7 Å². The fourth-order valence-electron chi connectivity index (χ4n) is 2.73. The third kappa shape index (κ3) is 4.41. The molecule has 0 unspecified atom stereocenters. The first kappa shape index (κ1) is 18.0. The Morgan fingerprint density at radius 1 is 1.00 bits per heavy atom. The fraction of sp³-hybridized carbons (Fsp3) is 0.263. The zero-order chi connectivity index (χ0) is 18.6. The van der Waals surface area contributed by atoms with Gasteiger partial charge in [0, 0.05) is 38.5 Å². The third-order valence-electron chi connectivity index (χ3n) is 4.21. The number of hydrogen-bond acceptors (Lipinski definition) is 3. The summed E-state index contributed by atoms with van der Waals surface area (Å²) < 4.78 is 37.8. The Morgan fingerprint density at radius 3 is 2.27 bits per heavy atom. The highest BCUT2D eigenvalue weighted by Crippen LogP contribution is 2.29. The van der Waals surface area contributed by atoms with Crippen LogP contribution in [-0.2, 0) is 11.0 Å². The number of halogens is 3. The number of hydrogen-bond donors (Lipinski definition) is 0. The molecule has 1 saturated heterocycles. The molecule has 1 fully saturated rings. The minimum absolute atomic E-state index is 0.0751. The molecule has 2 heterocycles. The van der Waals surface area contributed by atoms with Crippen molar-refractivity contribution in [3.05, 3.63) is 65.9 Å². The number of carbonyl (C=O) groups excluding carboxylic acids is 1. The minimum atomic E-state index is -4.39. The van der Waals surface area contributed by atoms with Gasteiger partial charge in [-0.05, 0) is 23.8 Å². The van der Waals surface area contributed by atoms with Gasteiger partial charge in [0.05, 0.1) is 5.56 Å². The van der Waals surface area contributed by atoms with E-state index in [2.05, 4.69) is 4.98 Å². The number of alkyl halides is 3. The Morgan fingerprint density at radius 2 is 1.69 bits per heavy atom. The maximum atomic E-state index is 12.6. The maximum absolute atomic E-state index is 12.6. The molecule has 0 saturated carbocycles. The van der Waals surface area contributed by atoms with Crippen molar-refractivity contribution in [3.8, 4) is 0 Å². The number of piperazine rings is 1. The standard InChI is InChI=1S/C19H18F3N3O/c20-19(21,22)16-7-8-17(23-14-16)24-10-12-25(13-11-24)18(26)9-6-15-4-2-1-3-5-15/h1-9,14H,10-13H2/b9-6+. The van der Waals surface area contributed by atoms with Crippen LogP contribution in [0.5, 0.6) is 0 Å². The second kappa shape index (κ2) is 7.59. The largest absolute Gasteiger partial charge is 0.417 e. The summed E-state index contributed by atoms with van der Waals surface area (Å²) in [5, 5.41) is 0. The van der Waals surface area contributed by atoms with E-state index in [0.29, 0.717) is 32.0 Å². The summed E-state index contributed by atoms with van der Waals surface area (Å²) in [4.78, 5) is 19.8. The summed E-state index contributed by atoms with van der Waals surface area (Å²) in [6.07, 6.45) is -0.231. The Labute approximate surface area is 149 Å². The molecule has 0 N–H and O–H groups in total. The first-order valence-electron chi connectivity index (χ1n) is 8.24. The lowest BCUT2D eigenvalue weighted by atomic mass is 10.2. The van der Waals surface area contributed by atoms with Crippen LogP contribution in [-0.4, -0.2) is 42.0 Å². The molecule has 2 aromatic rings. The molecule has 0 spiro atoms. The molecule has 0 bridgehead atoms. The van der Waals surface area contributed by atoms with Gasteiger partial charge in [-0.1, -0.05) is 30.3 Å². The third-order valence-corrected chi connectivity index (χ3v) is 4.21. The van der Waals surface area contributed by atoms with Crippen molar-refractivity contribution < 1.29 is 18.0 Å². The number of nitrogens with zero attached hydrogens (tertiary/aromatic N) is 3. The normalized spacial score (nSPS) is 15.5. The SMILES string of the molecule is O=C(/C=C/c1ccccc1)N1CCN(c2ccc(C(F)(F)F)cn2)CC1. The van der Waals surface area contributed by atoms with E-state index in [9.17, 15) is 18.0 Å². The Hall–Kier alpha value is -2.83. The van der Waals surface area contributed by atoms with Gasteiger partial charge in [-0.15, -0.1) is 0 Å². The van der Waals surface area contributed by atoms with Gasteiger partial charge in [0.1, 0.15) is 5.82 Å². The van der Waals surface area contributed by atoms with E-state index in [0.717, 1.165) is 17.8 Å². The van der Waals surface area contributed by atoms with Crippen LogP contribution in [0, 0.1) is 0 Å². The topological polar surface area (TPSA) is 36.4 Å². The van der Waals surface area contributed by atoms with Crippen LogP contribution in [0.4, 0.5) is 19.0 Å². The van der Waals surface area contributed by atoms with Gasteiger partial charge in [0.25, 0.3) is 0 Å². The van der Waals surface area contributed by atoms with Gasteiger partial charge in [0.15, 0.2) is 0 Å². The van der Waals surface area contributed by atoms with Crippen LogP contribution in [0.2, 0.25) is 0 Å². The zero-order valence-electron chi connectivity index (χ0n) is 14.0. The smallest absolute Gasteiger partial charge is 0.353 e. The first-order chi connectivity index (χ1) is 12.4. The van der Waals surface area contributed by atoms with Gasteiger partial charge >= 0.3 is 6.18 Å². The molecule has 1 aromatic carbocycles. The maximum Gasteiger partial charge on any atom is 0.417 e. The van der Waals surface area contributed by atoms with Crippen molar-refractivity contribution in [1.82, 2.24) is 9.88 Å². The van der Waals surface area contributed by atoms with Crippen LogP contribution in [0.25, 0.3) is 6.08 Å². The van der Waals surface area contributed by atoms with E-state index in [1.165, 1.54) is 6.07 Å². The zero-order valence-corrected chi connectivity index (χ0v) is 14.0. The van der Waals surface area contributed by atoms with Crippen molar-refractivity contribution in [2.75, 3.05) is 31.1 Å². The quantitative estimate of drug-likeness (QED) is 0.786. The molecule has 26 heavy (non-hydrogen) atoms. The molecular weight excluding hydrogens is 343 g/mol. The fourth-order valence-corrected chi connectivity index (χ4v) is 2.73. The van der Waals surface area contributed by atoms with Crippen molar-refractivity contribution in [3.63, 3.8) is 0 Å². The van der Waals surface area contributed by atoms with Crippen molar-refractivity contribution >= 4 is 17.8 Å². The Balaban J connectivity index is 1.55. The minimum Gasteiger partial charge on any atom is -0.353 e. The summed E-state index contributed by atoms with van der Waals surface area (Å²) in [5.74, 6) is 0.416. The van der Waals surface area contributed by atoms with Crippen molar-refractivity contribution in [2.24, 2.45) is 0 Å². The first-order valence-corrected chi connectivity index (χ1v) is 8.24. The van der Waals surface area contributed by atoms with E-state index < -0.39 is 11.7 Å². The molecule has 0 radical (unpaired) electrons. The summed E-state index contributed by atoms with van der Waals surface area (Å²) in [7, 11) is 0. The van der Waals surface area contributed by atoms with Gasteiger partial charge < -0.3 is 9.80 Å². The van der Waals surface area contributed by atoms with E-state index >= 15 is 0 Å². The molecule has 0 atom stereocenters. The molecule has 1 aromatic heterocycles. The van der Waals surface area contributed by atoms with Crippen LogP contribution < -0.4 is 4.90 Å². The highest BCUT2D eigenvalue weighted by Gasteiger charge is 2.31. The van der Waals surface area contributed by atoms with Crippen molar-refractivity contribution in [2.45, 2.75) is 6.18 Å². The average Bonchev–Trinajstić information content (AvgIpc) is 2.66.